The summed E-state index contributed by atoms with van der Waals surface area (Å²) < 4.78 is 2.01. The first kappa shape index (κ1) is 14.5. The third kappa shape index (κ3) is 3.34. The molecule has 0 aromatic carbocycles. The molecule has 1 aromatic rings. The van der Waals surface area contributed by atoms with Gasteiger partial charge in [-0.05, 0) is 36.8 Å². The highest BCUT2D eigenvalue weighted by Crippen LogP contribution is 2.18. The van der Waals surface area contributed by atoms with Crippen molar-refractivity contribution in [3.05, 3.63) is 21.0 Å². The molecule has 1 aliphatic heterocycles. The molecule has 1 aliphatic rings. The Bertz CT molecular complexity index is 493. The van der Waals surface area contributed by atoms with Crippen molar-refractivity contribution in [2.45, 2.75) is 19.9 Å². The molecule has 0 amide bonds. The van der Waals surface area contributed by atoms with E-state index in [-0.39, 0.29) is 11.6 Å². The quantitative estimate of drug-likeness (QED) is 0.901. The third-order valence-corrected chi connectivity index (χ3v) is 3.98. The molecule has 106 valence electrons. The molecule has 0 radical (unpaired) electrons. The molecule has 1 aromatic heterocycles. The average Bonchev–Trinajstić information content (AvgIpc) is 2.37. The molecule has 0 saturated carbocycles. The highest BCUT2D eigenvalue weighted by molar-refractivity contribution is 9.10. The van der Waals surface area contributed by atoms with E-state index in [4.69, 9.17) is 0 Å². The van der Waals surface area contributed by atoms with E-state index >= 15 is 0 Å². The van der Waals surface area contributed by atoms with Gasteiger partial charge in [-0.3, -0.25) is 4.79 Å². The number of piperazine rings is 1. The minimum atomic E-state index is -0.103. The number of aromatic nitrogens is 2. The second kappa shape index (κ2) is 6.02. The van der Waals surface area contributed by atoms with Crippen molar-refractivity contribution in [1.82, 2.24) is 19.7 Å². The SMILES string of the molecule is CC(C)n1ncc(NN2CCN(C)CC2)c(Br)c1=O. The molecule has 0 spiro atoms. The fraction of sp³-hybridized carbons (Fsp3) is 0.667. The molecule has 1 saturated heterocycles. The smallest absolute Gasteiger partial charge is 0.283 e. The highest BCUT2D eigenvalue weighted by Gasteiger charge is 2.16. The Morgan fingerprint density at radius 2 is 1.95 bits per heavy atom. The molecule has 0 bridgehead atoms. The fourth-order valence-corrected chi connectivity index (χ4v) is 2.35. The molecule has 0 atom stereocenters. The molecule has 2 rings (SSSR count). The van der Waals surface area contributed by atoms with Crippen molar-refractivity contribution in [2.24, 2.45) is 0 Å². The van der Waals surface area contributed by atoms with Gasteiger partial charge in [-0.1, -0.05) is 0 Å². The largest absolute Gasteiger partial charge is 0.316 e. The van der Waals surface area contributed by atoms with Crippen molar-refractivity contribution in [3.8, 4) is 0 Å². The van der Waals surface area contributed by atoms with Gasteiger partial charge in [-0.25, -0.2) is 9.69 Å². The Balaban J connectivity index is 2.13. The molecule has 6 nitrogen and oxygen atoms in total. The van der Waals surface area contributed by atoms with Crippen LogP contribution in [0.25, 0.3) is 0 Å². The number of nitrogens with one attached hydrogen (secondary N) is 1. The molecule has 0 aliphatic carbocycles. The van der Waals surface area contributed by atoms with Crippen LogP contribution < -0.4 is 11.0 Å². The van der Waals surface area contributed by atoms with E-state index in [0.29, 0.717) is 4.47 Å². The maximum atomic E-state index is 12.1. The van der Waals surface area contributed by atoms with E-state index < -0.39 is 0 Å². The zero-order chi connectivity index (χ0) is 14.0. The van der Waals surface area contributed by atoms with Gasteiger partial charge in [0, 0.05) is 26.2 Å². The van der Waals surface area contributed by atoms with Crippen molar-refractivity contribution >= 4 is 21.6 Å². The van der Waals surface area contributed by atoms with Gasteiger partial charge >= 0.3 is 0 Å². The van der Waals surface area contributed by atoms with Gasteiger partial charge in [0.05, 0.1) is 17.9 Å². The average molecular weight is 330 g/mol. The summed E-state index contributed by atoms with van der Waals surface area (Å²) in [6.07, 6.45) is 1.70. The van der Waals surface area contributed by atoms with Crippen molar-refractivity contribution < 1.29 is 0 Å². The summed E-state index contributed by atoms with van der Waals surface area (Å²) in [5, 5.41) is 6.31. The minimum absolute atomic E-state index is 0.0569. The molecule has 1 N–H and O–H groups in total. The molecule has 7 heteroatoms. The second-order valence-electron chi connectivity index (χ2n) is 5.12. The number of hydrazine groups is 1. The van der Waals surface area contributed by atoms with Gasteiger partial charge in [-0.15, -0.1) is 0 Å². The van der Waals surface area contributed by atoms with Crippen LogP contribution in [-0.2, 0) is 0 Å². The van der Waals surface area contributed by atoms with Crippen LogP contribution in [-0.4, -0.2) is 52.9 Å². The predicted octanol–water partition coefficient (Wildman–Crippen LogP) is 1.16. The van der Waals surface area contributed by atoms with Gasteiger partial charge < -0.3 is 10.3 Å². The lowest BCUT2D eigenvalue weighted by Gasteiger charge is -2.33. The van der Waals surface area contributed by atoms with Gasteiger partial charge in [0.1, 0.15) is 4.47 Å². The van der Waals surface area contributed by atoms with Gasteiger partial charge in [0.15, 0.2) is 0 Å². The first-order chi connectivity index (χ1) is 8.99. The van der Waals surface area contributed by atoms with Crippen molar-refractivity contribution in [1.29, 1.82) is 0 Å². The monoisotopic (exact) mass is 329 g/mol. The Hall–Kier alpha value is -0.920. The fourth-order valence-electron chi connectivity index (χ4n) is 1.98. The summed E-state index contributed by atoms with van der Waals surface area (Å²) in [6.45, 7) is 7.76. The maximum absolute atomic E-state index is 12.1. The number of nitrogens with zero attached hydrogens (tertiary/aromatic N) is 4. The zero-order valence-corrected chi connectivity index (χ0v) is 13.1. The lowest BCUT2D eigenvalue weighted by molar-refractivity contribution is 0.179. The van der Waals surface area contributed by atoms with Crippen LogP contribution in [0.1, 0.15) is 19.9 Å². The van der Waals surface area contributed by atoms with E-state index in [1.807, 2.05) is 13.8 Å². The van der Waals surface area contributed by atoms with Gasteiger partial charge in [-0.2, -0.15) is 5.10 Å². The Labute approximate surface area is 121 Å². The number of hydrogen-bond donors (Lipinski definition) is 1. The minimum Gasteiger partial charge on any atom is -0.316 e. The summed E-state index contributed by atoms with van der Waals surface area (Å²) in [6, 6.07) is 0.0569. The number of halogens is 1. The number of hydrogen-bond acceptors (Lipinski definition) is 5. The molecule has 19 heavy (non-hydrogen) atoms. The molecular weight excluding hydrogens is 310 g/mol. The first-order valence-corrected chi connectivity index (χ1v) is 7.26. The van der Waals surface area contributed by atoms with Crippen LogP contribution in [0.15, 0.2) is 15.5 Å². The summed E-state index contributed by atoms with van der Waals surface area (Å²) in [7, 11) is 2.11. The lowest BCUT2D eigenvalue weighted by Crippen LogP contribution is -2.47. The van der Waals surface area contributed by atoms with Crippen LogP contribution >= 0.6 is 15.9 Å². The van der Waals surface area contributed by atoms with Crippen LogP contribution in [0.4, 0.5) is 5.69 Å². The molecule has 0 unspecified atom stereocenters. The first-order valence-electron chi connectivity index (χ1n) is 6.46. The van der Waals surface area contributed by atoms with E-state index in [1.165, 1.54) is 4.68 Å². The molecular formula is C12H20BrN5O. The summed E-state index contributed by atoms with van der Waals surface area (Å²) in [5.41, 5.74) is 3.89. The zero-order valence-electron chi connectivity index (χ0n) is 11.6. The summed E-state index contributed by atoms with van der Waals surface area (Å²) in [4.78, 5) is 14.4. The van der Waals surface area contributed by atoms with E-state index in [0.717, 1.165) is 31.9 Å². The van der Waals surface area contributed by atoms with Gasteiger partial charge in [0.25, 0.3) is 5.56 Å². The second-order valence-corrected chi connectivity index (χ2v) is 5.91. The van der Waals surface area contributed by atoms with Crippen molar-refractivity contribution in [3.63, 3.8) is 0 Å². The highest BCUT2D eigenvalue weighted by atomic mass is 79.9. The number of likely N-dealkylation sites (N-methyl/N-ethyl adjacent to an activating group) is 1. The molecule has 1 fully saturated rings. The van der Waals surface area contributed by atoms with Crippen LogP contribution in [0.2, 0.25) is 0 Å². The normalized spacial score (nSPS) is 17.9. The van der Waals surface area contributed by atoms with E-state index in [2.05, 4.69) is 43.4 Å². The van der Waals surface area contributed by atoms with Crippen molar-refractivity contribution in [2.75, 3.05) is 38.7 Å². The van der Waals surface area contributed by atoms with Crippen LogP contribution in [0, 0.1) is 0 Å². The Morgan fingerprint density at radius 3 is 2.53 bits per heavy atom. The maximum Gasteiger partial charge on any atom is 0.283 e. The number of anilines is 1. The lowest BCUT2D eigenvalue weighted by atomic mass is 10.3. The van der Waals surface area contributed by atoms with E-state index in [1.54, 1.807) is 6.20 Å². The van der Waals surface area contributed by atoms with Crippen LogP contribution in [0.3, 0.4) is 0 Å². The molecule has 2 heterocycles. The Morgan fingerprint density at radius 1 is 1.32 bits per heavy atom. The predicted molar refractivity (Wildman–Crippen MR) is 79.3 cm³/mol. The number of rotatable bonds is 3. The summed E-state index contributed by atoms with van der Waals surface area (Å²) >= 11 is 3.37. The van der Waals surface area contributed by atoms with Gasteiger partial charge in [0.2, 0.25) is 0 Å². The third-order valence-electron chi connectivity index (χ3n) is 3.21. The Kier molecular flexibility index (Phi) is 4.59. The van der Waals surface area contributed by atoms with E-state index in [9.17, 15) is 4.79 Å². The summed E-state index contributed by atoms with van der Waals surface area (Å²) in [5.74, 6) is 0. The standard InChI is InChI=1S/C12H20BrN5O/c1-9(2)18-12(19)11(13)10(8-14-18)15-17-6-4-16(3)5-7-17/h8-9,15H,4-7H2,1-3H3. The topological polar surface area (TPSA) is 53.4 Å². The van der Waals surface area contributed by atoms with Crippen LogP contribution in [0.5, 0.6) is 0 Å².